The molecule has 0 aliphatic carbocycles. The molecule has 3 N–H and O–H groups in total. The van der Waals surface area contributed by atoms with Gasteiger partial charge in [0.25, 0.3) is 0 Å². The Morgan fingerprint density at radius 3 is 3.00 bits per heavy atom. The molecule has 1 unspecified atom stereocenters. The Balaban J connectivity index is 2.16. The van der Waals surface area contributed by atoms with Gasteiger partial charge in [0, 0.05) is 31.3 Å². The van der Waals surface area contributed by atoms with E-state index in [2.05, 4.69) is 10.4 Å². The third kappa shape index (κ3) is 2.50. The van der Waals surface area contributed by atoms with E-state index in [1.807, 2.05) is 36.0 Å². The second-order valence-electron chi connectivity index (χ2n) is 4.56. The van der Waals surface area contributed by atoms with E-state index in [-0.39, 0.29) is 11.6 Å². The standard InChI is InChI=1S/C11H18N4OS/c1-11(2,16-3)9(14-12)6-8-7-15-4-5-17-10(15)13-8/h4-5,7,9,14H,6,12H2,1-3H3. The van der Waals surface area contributed by atoms with Crippen molar-refractivity contribution in [1.82, 2.24) is 14.8 Å². The first-order valence-corrected chi connectivity index (χ1v) is 6.37. The summed E-state index contributed by atoms with van der Waals surface area (Å²) in [6, 6.07) is 0.0251. The number of rotatable bonds is 5. The van der Waals surface area contributed by atoms with Gasteiger partial charge in [0.2, 0.25) is 0 Å². The summed E-state index contributed by atoms with van der Waals surface area (Å²) < 4.78 is 7.47. The fourth-order valence-electron chi connectivity index (χ4n) is 1.73. The topological polar surface area (TPSA) is 64.6 Å². The van der Waals surface area contributed by atoms with Crippen molar-refractivity contribution in [1.29, 1.82) is 0 Å². The predicted molar refractivity (Wildman–Crippen MR) is 69.0 cm³/mol. The van der Waals surface area contributed by atoms with Crippen molar-refractivity contribution in [3.63, 3.8) is 0 Å². The molecule has 1 atom stereocenters. The second-order valence-corrected chi connectivity index (χ2v) is 5.43. The first-order valence-electron chi connectivity index (χ1n) is 5.49. The van der Waals surface area contributed by atoms with Crippen molar-refractivity contribution in [3.05, 3.63) is 23.5 Å². The van der Waals surface area contributed by atoms with E-state index in [4.69, 9.17) is 10.6 Å². The zero-order valence-electron chi connectivity index (χ0n) is 10.3. The lowest BCUT2D eigenvalue weighted by molar-refractivity contribution is -0.0103. The minimum absolute atomic E-state index is 0.0251. The van der Waals surface area contributed by atoms with E-state index in [9.17, 15) is 0 Å². The van der Waals surface area contributed by atoms with E-state index in [0.717, 1.165) is 17.1 Å². The molecule has 17 heavy (non-hydrogen) atoms. The van der Waals surface area contributed by atoms with Crippen LogP contribution in [-0.2, 0) is 11.2 Å². The average Bonchev–Trinajstić information content (AvgIpc) is 2.85. The molecule has 94 valence electrons. The maximum absolute atomic E-state index is 5.59. The Morgan fingerprint density at radius 1 is 1.65 bits per heavy atom. The fourth-order valence-corrected chi connectivity index (χ4v) is 2.45. The number of aromatic nitrogens is 2. The summed E-state index contributed by atoms with van der Waals surface area (Å²) >= 11 is 1.63. The van der Waals surface area contributed by atoms with Crippen LogP contribution in [0.5, 0.6) is 0 Å². The fraction of sp³-hybridized carbons (Fsp3) is 0.545. The minimum atomic E-state index is -0.328. The van der Waals surface area contributed by atoms with Crippen LogP contribution in [0.2, 0.25) is 0 Å². The molecule has 0 radical (unpaired) electrons. The first-order chi connectivity index (χ1) is 8.06. The highest BCUT2D eigenvalue weighted by Crippen LogP contribution is 2.18. The van der Waals surface area contributed by atoms with Gasteiger partial charge < -0.3 is 4.74 Å². The Labute approximate surface area is 105 Å². The van der Waals surface area contributed by atoms with Gasteiger partial charge in [0.15, 0.2) is 4.96 Å². The molecule has 5 nitrogen and oxygen atoms in total. The number of nitrogens with two attached hydrogens (primary N) is 1. The van der Waals surface area contributed by atoms with Crippen molar-refractivity contribution >= 4 is 16.3 Å². The number of hydrogen-bond acceptors (Lipinski definition) is 5. The number of hydrogen-bond donors (Lipinski definition) is 2. The van der Waals surface area contributed by atoms with Gasteiger partial charge in [-0.25, -0.2) is 4.98 Å². The van der Waals surface area contributed by atoms with Crippen LogP contribution in [0.4, 0.5) is 0 Å². The van der Waals surface area contributed by atoms with Gasteiger partial charge in [-0.2, -0.15) is 0 Å². The summed E-state index contributed by atoms with van der Waals surface area (Å²) in [7, 11) is 1.69. The van der Waals surface area contributed by atoms with Crippen molar-refractivity contribution in [2.75, 3.05) is 7.11 Å². The molecule has 2 aromatic heterocycles. The number of ether oxygens (including phenoxy) is 1. The minimum Gasteiger partial charge on any atom is -0.377 e. The Kier molecular flexibility index (Phi) is 3.48. The highest BCUT2D eigenvalue weighted by molar-refractivity contribution is 7.15. The van der Waals surface area contributed by atoms with Crippen LogP contribution in [0.3, 0.4) is 0 Å². The van der Waals surface area contributed by atoms with E-state index in [1.54, 1.807) is 18.4 Å². The van der Waals surface area contributed by atoms with E-state index in [1.165, 1.54) is 0 Å². The van der Waals surface area contributed by atoms with Gasteiger partial charge in [-0.1, -0.05) is 0 Å². The zero-order chi connectivity index (χ0) is 12.5. The van der Waals surface area contributed by atoms with E-state index in [0.29, 0.717) is 0 Å². The molecule has 0 aromatic carbocycles. The molecule has 0 aliphatic rings. The van der Waals surface area contributed by atoms with Crippen LogP contribution in [0.1, 0.15) is 19.5 Å². The lowest BCUT2D eigenvalue weighted by Gasteiger charge is -2.32. The van der Waals surface area contributed by atoms with Crippen molar-refractivity contribution in [2.45, 2.75) is 31.9 Å². The maximum atomic E-state index is 5.59. The van der Waals surface area contributed by atoms with E-state index < -0.39 is 0 Å². The SMILES string of the molecule is COC(C)(C)C(Cc1cn2ccsc2n1)NN. The molecule has 2 heterocycles. The van der Waals surface area contributed by atoms with Crippen LogP contribution < -0.4 is 11.3 Å². The molecular formula is C11H18N4OS. The molecule has 0 bridgehead atoms. The van der Waals surface area contributed by atoms with Crippen molar-refractivity contribution < 1.29 is 4.74 Å². The third-order valence-electron chi connectivity index (χ3n) is 3.12. The number of thiazole rings is 1. The van der Waals surface area contributed by atoms with Crippen molar-refractivity contribution in [3.8, 4) is 0 Å². The number of imidazole rings is 1. The Bertz CT molecular complexity index is 462. The first kappa shape index (κ1) is 12.5. The second kappa shape index (κ2) is 4.73. The summed E-state index contributed by atoms with van der Waals surface area (Å²) in [5.41, 5.74) is 3.50. The Hall–Kier alpha value is -0.950. The number of methoxy groups -OCH3 is 1. The lowest BCUT2D eigenvalue weighted by Crippen LogP contribution is -2.52. The van der Waals surface area contributed by atoms with E-state index >= 15 is 0 Å². The van der Waals surface area contributed by atoms with Gasteiger partial charge >= 0.3 is 0 Å². The van der Waals surface area contributed by atoms with Crippen LogP contribution in [0.25, 0.3) is 4.96 Å². The van der Waals surface area contributed by atoms with Crippen LogP contribution in [0, 0.1) is 0 Å². The third-order valence-corrected chi connectivity index (χ3v) is 3.89. The molecule has 2 aromatic rings. The van der Waals surface area contributed by atoms with Crippen LogP contribution in [0.15, 0.2) is 17.8 Å². The van der Waals surface area contributed by atoms with Crippen LogP contribution in [-0.4, -0.2) is 28.1 Å². The summed E-state index contributed by atoms with van der Waals surface area (Å²) in [4.78, 5) is 5.54. The predicted octanol–water partition coefficient (Wildman–Crippen LogP) is 1.20. The molecule has 0 fully saturated rings. The van der Waals surface area contributed by atoms with Gasteiger partial charge in [-0.05, 0) is 13.8 Å². The highest BCUT2D eigenvalue weighted by atomic mass is 32.1. The average molecular weight is 254 g/mol. The number of hydrazine groups is 1. The summed E-state index contributed by atoms with van der Waals surface area (Å²) in [5.74, 6) is 5.59. The molecule has 0 saturated carbocycles. The molecule has 6 heteroatoms. The normalized spacial score (nSPS) is 14.4. The molecule has 0 saturated heterocycles. The van der Waals surface area contributed by atoms with Gasteiger partial charge in [0.1, 0.15) is 0 Å². The molecule has 0 spiro atoms. The van der Waals surface area contributed by atoms with Crippen LogP contribution >= 0.6 is 11.3 Å². The molecule has 0 amide bonds. The monoisotopic (exact) mass is 254 g/mol. The number of nitrogens with one attached hydrogen (secondary N) is 1. The van der Waals surface area contributed by atoms with Gasteiger partial charge in [-0.15, -0.1) is 11.3 Å². The molecular weight excluding hydrogens is 236 g/mol. The molecule has 0 aliphatic heterocycles. The Morgan fingerprint density at radius 2 is 2.41 bits per heavy atom. The lowest BCUT2D eigenvalue weighted by atomic mass is 9.95. The maximum Gasteiger partial charge on any atom is 0.193 e. The number of nitrogens with zero attached hydrogens (tertiary/aromatic N) is 2. The quantitative estimate of drug-likeness (QED) is 0.621. The van der Waals surface area contributed by atoms with Gasteiger partial charge in [0.05, 0.1) is 17.3 Å². The summed E-state index contributed by atoms with van der Waals surface area (Å²) in [6.07, 6.45) is 4.77. The van der Waals surface area contributed by atoms with Crippen molar-refractivity contribution in [2.24, 2.45) is 5.84 Å². The largest absolute Gasteiger partial charge is 0.377 e. The molecule has 2 rings (SSSR count). The highest BCUT2D eigenvalue weighted by Gasteiger charge is 2.29. The van der Waals surface area contributed by atoms with Gasteiger partial charge in [-0.3, -0.25) is 15.7 Å². The zero-order valence-corrected chi connectivity index (χ0v) is 11.1. The number of fused-ring (bicyclic) bond motifs is 1. The summed E-state index contributed by atoms with van der Waals surface area (Å²) in [5, 5.41) is 2.02. The summed E-state index contributed by atoms with van der Waals surface area (Å²) in [6.45, 7) is 4.02. The smallest absolute Gasteiger partial charge is 0.193 e.